The Kier molecular flexibility index (Phi) is 5.43. The molecule has 136 valence electrons. The van der Waals surface area contributed by atoms with Gasteiger partial charge in [0.1, 0.15) is 11.9 Å². The highest BCUT2D eigenvalue weighted by Gasteiger charge is 2.20. The van der Waals surface area contributed by atoms with E-state index >= 15 is 0 Å². The van der Waals surface area contributed by atoms with E-state index in [0.717, 1.165) is 0 Å². The van der Waals surface area contributed by atoms with Crippen molar-refractivity contribution in [2.24, 2.45) is 0 Å². The Morgan fingerprint density at radius 3 is 2.73 bits per heavy atom. The summed E-state index contributed by atoms with van der Waals surface area (Å²) in [7, 11) is 0. The highest BCUT2D eigenvalue weighted by molar-refractivity contribution is 9.10. The van der Waals surface area contributed by atoms with Gasteiger partial charge < -0.3 is 5.32 Å². The summed E-state index contributed by atoms with van der Waals surface area (Å²) in [5.74, 6) is -0.238. The Bertz CT molecular complexity index is 935. The molecular weight excluding hydrogens is 425 g/mol. The third-order valence-corrected chi connectivity index (χ3v) is 4.83. The summed E-state index contributed by atoms with van der Waals surface area (Å²) >= 11 is 9.35. The van der Waals surface area contributed by atoms with Gasteiger partial charge in [0, 0.05) is 18.0 Å². The molecular formula is C17H16BrClFN5O. The van der Waals surface area contributed by atoms with Gasteiger partial charge in [-0.1, -0.05) is 29.8 Å². The molecule has 3 rings (SSSR count). The van der Waals surface area contributed by atoms with E-state index in [1.807, 2.05) is 0 Å². The molecule has 0 fully saturated rings. The van der Waals surface area contributed by atoms with Crippen LogP contribution >= 0.6 is 27.5 Å². The van der Waals surface area contributed by atoms with Crippen molar-refractivity contribution in [3.05, 3.63) is 63.2 Å². The number of hydrogen-bond acceptors (Lipinski definition) is 3. The van der Waals surface area contributed by atoms with Gasteiger partial charge in [-0.25, -0.2) is 4.39 Å². The van der Waals surface area contributed by atoms with Crippen molar-refractivity contribution < 1.29 is 9.18 Å². The van der Waals surface area contributed by atoms with Gasteiger partial charge in [0.05, 0.1) is 21.7 Å². The third-order valence-electron chi connectivity index (χ3n) is 3.88. The van der Waals surface area contributed by atoms with Gasteiger partial charge in [0.15, 0.2) is 5.82 Å². The first kappa shape index (κ1) is 18.6. The number of aromatic nitrogens is 4. The molecule has 1 atom stereocenters. The maximum absolute atomic E-state index is 13.8. The van der Waals surface area contributed by atoms with Crippen molar-refractivity contribution in [2.45, 2.75) is 26.4 Å². The molecule has 2 aromatic heterocycles. The van der Waals surface area contributed by atoms with Crippen LogP contribution in [0.15, 0.2) is 41.1 Å². The quantitative estimate of drug-likeness (QED) is 0.647. The molecule has 2 heterocycles. The summed E-state index contributed by atoms with van der Waals surface area (Å²) in [4.78, 5) is 12.5. The van der Waals surface area contributed by atoms with Gasteiger partial charge >= 0.3 is 0 Å². The highest BCUT2D eigenvalue weighted by Crippen LogP contribution is 2.23. The van der Waals surface area contributed by atoms with E-state index in [4.69, 9.17) is 11.6 Å². The van der Waals surface area contributed by atoms with Crippen LogP contribution in [0.3, 0.4) is 0 Å². The van der Waals surface area contributed by atoms with Gasteiger partial charge in [-0.15, -0.1) is 0 Å². The minimum absolute atomic E-state index is 0.255. The van der Waals surface area contributed by atoms with Crippen LogP contribution in [-0.4, -0.2) is 25.5 Å². The van der Waals surface area contributed by atoms with Crippen LogP contribution in [0.2, 0.25) is 5.02 Å². The maximum Gasteiger partial charge on any atom is 0.250 e. The number of rotatable bonds is 5. The van der Waals surface area contributed by atoms with Gasteiger partial charge in [0.25, 0.3) is 0 Å². The minimum Gasteiger partial charge on any atom is -0.306 e. The second-order valence-electron chi connectivity index (χ2n) is 5.82. The lowest BCUT2D eigenvalue weighted by molar-refractivity contribution is -0.119. The molecule has 0 radical (unpaired) electrons. The molecule has 1 unspecified atom stereocenters. The van der Waals surface area contributed by atoms with E-state index < -0.39 is 6.04 Å². The van der Waals surface area contributed by atoms with Crippen molar-refractivity contribution in [2.75, 3.05) is 5.32 Å². The molecule has 1 amide bonds. The molecule has 26 heavy (non-hydrogen) atoms. The van der Waals surface area contributed by atoms with Crippen LogP contribution in [0.25, 0.3) is 0 Å². The lowest BCUT2D eigenvalue weighted by Crippen LogP contribution is -2.24. The van der Waals surface area contributed by atoms with E-state index in [9.17, 15) is 9.18 Å². The van der Waals surface area contributed by atoms with Crippen LogP contribution < -0.4 is 5.32 Å². The smallest absolute Gasteiger partial charge is 0.250 e. The Morgan fingerprint density at radius 1 is 1.35 bits per heavy atom. The topological polar surface area (TPSA) is 64.7 Å². The number of hydrogen-bond donors (Lipinski definition) is 1. The first-order valence-electron chi connectivity index (χ1n) is 7.83. The largest absolute Gasteiger partial charge is 0.306 e. The number of anilines is 1. The molecule has 3 aromatic rings. The summed E-state index contributed by atoms with van der Waals surface area (Å²) in [5, 5.41) is 11.8. The lowest BCUT2D eigenvalue weighted by atomic mass is 10.2. The van der Waals surface area contributed by atoms with E-state index in [1.165, 1.54) is 10.7 Å². The SMILES string of the molecule is Cc1nn(C(C)C(=O)Nc2nn(Cc3ccccc3F)cc2Br)cc1Cl. The van der Waals surface area contributed by atoms with Crippen LogP contribution in [0, 0.1) is 12.7 Å². The number of nitrogens with one attached hydrogen (secondary N) is 1. The molecule has 9 heteroatoms. The summed E-state index contributed by atoms with van der Waals surface area (Å²) < 4.78 is 17.4. The highest BCUT2D eigenvalue weighted by atomic mass is 79.9. The van der Waals surface area contributed by atoms with E-state index in [-0.39, 0.29) is 18.3 Å². The van der Waals surface area contributed by atoms with E-state index in [0.29, 0.717) is 26.6 Å². The molecule has 1 N–H and O–H groups in total. The van der Waals surface area contributed by atoms with Gasteiger partial charge in [-0.2, -0.15) is 10.2 Å². The molecule has 0 spiro atoms. The Morgan fingerprint density at radius 2 is 2.08 bits per heavy atom. The van der Waals surface area contributed by atoms with Gasteiger partial charge in [-0.05, 0) is 35.8 Å². The van der Waals surface area contributed by atoms with Crippen LogP contribution in [0.5, 0.6) is 0 Å². The van der Waals surface area contributed by atoms with Crippen LogP contribution in [0.4, 0.5) is 10.2 Å². The van der Waals surface area contributed by atoms with Crippen molar-refractivity contribution >= 4 is 39.3 Å². The molecule has 0 aliphatic rings. The summed E-state index contributed by atoms with van der Waals surface area (Å²) in [6, 6.07) is 5.92. The predicted octanol–water partition coefficient (Wildman–Crippen LogP) is 4.19. The zero-order chi connectivity index (χ0) is 18.8. The monoisotopic (exact) mass is 439 g/mol. The van der Waals surface area contributed by atoms with Crippen molar-refractivity contribution in [3.63, 3.8) is 0 Å². The van der Waals surface area contributed by atoms with Crippen molar-refractivity contribution in [1.82, 2.24) is 19.6 Å². The van der Waals surface area contributed by atoms with Crippen LogP contribution in [0.1, 0.15) is 24.2 Å². The first-order chi connectivity index (χ1) is 12.3. The maximum atomic E-state index is 13.8. The second kappa shape index (κ2) is 7.59. The average Bonchev–Trinajstić information content (AvgIpc) is 3.11. The number of carbonyl (C=O) groups is 1. The van der Waals surface area contributed by atoms with Crippen LogP contribution in [-0.2, 0) is 11.3 Å². The van der Waals surface area contributed by atoms with Crippen molar-refractivity contribution in [3.8, 4) is 0 Å². The standard InChI is InChI=1S/C17H16BrClFN5O/c1-10-14(19)9-25(22-10)11(2)17(26)21-16-13(18)8-24(23-16)7-12-5-3-4-6-15(12)20/h3-6,8-9,11H,7H2,1-2H3,(H,21,23,26). The second-order valence-corrected chi connectivity index (χ2v) is 7.08. The number of amides is 1. The van der Waals surface area contributed by atoms with Gasteiger partial charge in [0.2, 0.25) is 5.91 Å². The zero-order valence-corrected chi connectivity index (χ0v) is 16.4. The number of halogens is 3. The van der Waals surface area contributed by atoms with Gasteiger partial charge in [-0.3, -0.25) is 14.2 Å². The molecule has 0 bridgehead atoms. The molecule has 0 saturated heterocycles. The normalized spacial score (nSPS) is 12.2. The summed E-state index contributed by atoms with van der Waals surface area (Å²) in [5.41, 5.74) is 1.16. The Balaban J connectivity index is 1.73. The fourth-order valence-electron chi connectivity index (χ4n) is 2.36. The Labute approximate surface area is 163 Å². The zero-order valence-electron chi connectivity index (χ0n) is 14.1. The Hall–Kier alpha value is -2.19. The molecule has 6 nitrogen and oxygen atoms in total. The molecule has 1 aromatic carbocycles. The van der Waals surface area contributed by atoms with E-state index in [1.54, 1.807) is 49.1 Å². The number of nitrogens with zero attached hydrogens (tertiary/aromatic N) is 4. The summed E-state index contributed by atoms with van der Waals surface area (Å²) in [6.45, 7) is 3.73. The number of benzene rings is 1. The molecule has 0 saturated carbocycles. The summed E-state index contributed by atoms with van der Waals surface area (Å²) in [6.07, 6.45) is 3.29. The predicted molar refractivity (Wildman–Crippen MR) is 101 cm³/mol. The minimum atomic E-state index is -0.565. The molecule has 0 aliphatic carbocycles. The number of aryl methyl sites for hydroxylation is 1. The lowest BCUT2D eigenvalue weighted by Gasteiger charge is -2.11. The number of carbonyl (C=O) groups excluding carboxylic acids is 1. The van der Waals surface area contributed by atoms with E-state index in [2.05, 4.69) is 31.4 Å². The van der Waals surface area contributed by atoms with Crippen molar-refractivity contribution in [1.29, 1.82) is 0 Å². The average molecular weight is 441 g/mol. The fourth-order valence-corrected chi connectivity index (χ4v) is 2.92. The third kappa shape index (κ3) is 3.96. The fraction of sp³-hybridized carbons (Fsp3) is 0.235. The first-order valence-corrected chi connectivity index (χ1v) is 9.00. The molecule has 0 aliphatic heterocycles.